The normalized spacial score (nSPS) is 21.1. The zero-order valence-corrected chi connectivity index (χ0v) is 17.7. The van der Waals surface area contributed by atoms with E-state index in [1.807, 2.05) is 18.7 Å². The smallest absolute Gasteiger partial charge is 0.191 e. The highest BCUT2D eigenvalue weighted by molar-refractivity contribution is 7.99. The van der Waals surface area contributed by atoms with E-state index < -0.39 is 15.7 Å². The van der Waals surface area contributed by atoms with Gasteiger partial charge in [-0.25, -0.2) is 12.8 Å². The molecular weight excluding hydrogens is 385 g/mol. The Morgan fingerprint density at radius 2 is 2.07 bits per heavy atom. The summed E-state index contributed by atoms with van der Waals surface area (Å²) in [6, 6.07) is 5.82. The van der Waals surface area contributed by atoms with E-state index in [0.717, 1.165) is 24.7 Å². The molecule has 152 valence electrons. The molecule has 2 atom stereocenters. The molecule has 0 saturated heterocycles. The number of hydrogen-bond acceptors (Lipinski definition) is 4. The third-order valence-electron chi connectivity index (χ3n) is 4.52. The Kier molecular flexibility index (Phi) is 8.89. The summed E-state index contributed by atoms with van der Waals surface area (Å²) in [7, 11) is -3.69. The predicted octanol–water partition coefficient (Wildman–Crippen LogP) is 3.22. The lowest BCUT2D eigenvalue weighted by molar-refractivity contribution is 0.419. The second kappa shape index (κ2) is 10.9. The summed E-state index contributed by atoms with van der Waals surface area (Å²) in [5.41, 5.74) is 0. The van der Waals surface area contributed by atoms with Gasteiger partial charge in [0.2, 0.25) is 0 Å². The number of sulfone groups is 1. The van der Waals surface area contributed by atoms with Crippen LogP contribution in [-0.4, -0.2) is 50.3 Å². The maximum absolute atomic E-state index is 13.8. The van der Waals surface area contributed by atoms with Gasteiger partial charge in [0.05, 0.1) is 12.3 Å². The number of hydrogen-bond donors (Lipinski definition) is 2. The van der Waals surface area contributed by atoms with Crippen LogP contribution in [0.3, 0.4) is 0 Å². The van der Waals surface area contributed by atoms with Gasteiger partial charge in [-0.05, 0) is 44.1 Å². The van der Waals surface area contributed by atoms with Crippen LogP contribution in [0.4, 0.5) is 4.39 Å². The molecule has 1 saturated carbocycles. The molecule has 0 radical (unpaired) electrons. The van der Waals surface area contributed by atoms with Gasteiger partial charge < -0.3 is 10.6 Å². The van der Waals surface area contributed by atoms with Gasteiger partial charge in [-0.3, -0.25) is 4.99 Å². The van der Waals surface area contributed by atoms with Crippen LogP contribution in [0.5, 0.6) is 0 Å². The van der Waals surface area contributed by atoms with E-state index in [1.165, 1.54) is 31.0 Å². The Labute approximate surface area is 166 Å². The van der Waals surface area contributed by atoms with Crippen molar-refractivity contribution >= 4 is 27.6 Å². The molecule has 1 aromatic rings. The summed E-state index contributed by atoms with van der Waals surface area (Å²) >= 11 is 2.00. The molecule has 27 heavy (non-hydrogen) atoms. The van der Waals surface area contributed by atoms with Crippen molar-refractivity contribution < 1.29 is 12.8 Å². The van der Waals surface area contributed by atoms with Gasteiger partial charge in [0, 0.05) is 17.8 Å². The molecule has 0 heterocycles. The van der Waals surface area contributed by atoms with Crippen LogP contribution in [-0.2, 0) is 9.84 Å². The lowest BCUT2D eigenvalue weighted by Crippen LogP contribution is -2.46. The number of nitrogens with zero attached hydrogens (tertiary/aromatic N) is 1. The third-order valence-corrected chi connectivity index (χ3v) is 7.47. The minimum Gasteiger partial charge on any atom is -0.357 e. The number of guanidine groups is 1. The van der Waals surface area contributed by atoms with Crippen LogP contribution in [0.1, 0.15) is 39.5 Å². The van der Waals surface area contributed by atoms with Crippen LogP contribution < -0.4 is 10.6 Å². The second-order valence-electron chi connectivity index (χ2n) is 6.60. The van der Waals surface area contributed by atoms with E-state index in [4.69, 9.17) is 0 Å². The summed E-state index contributed by atoms with van der Waals surface area (Å²) in [5, 5.41) is 7.29. The number of halogens is 1. The average molecular weight is 416 g/mol. The molecule has 1 aromatic carbocycles. The number of rotatable bonds is 8. The fourth-order valence-electron chi connectivity index (χ4n) is 3.26. The summed E-state index contributed by atoms with van der Waals surface area (Å²) < 4.78 is 38.4. The molecule has 0 amide bonds. The monoisotopic (exact) mass is 415 g/mol. The van der Waals surface area contributed by atoms with Crippen LogP contribution in [0.2, 0.25) is 0 Å². The molecule has 5 nitrogen and oxygen atoms in total. The Bertz CT molecular complexity index is 723. The fraction of sp³-hybridized carbons (Fsp3) is 0.632. The summed E-state index contributed by atoms with van der Waals surface area (Å²) in [6.45, 7) is 4.95. The minimum atomic E-state index is -3.69. The van der Waals surface area contributed by atoms with Crippen LogP contribution in [0.15, 0.2) is 34.2 Å². The highest BCUT2D eigenvalue weighted by Crippen LogP contribution is 2.28. The average Bonchev–Trinajstić information content (AvgIpc) is 2.62. The molecule has 0 bridgehead atoms. The first kappa shape index (κ1) is 22.0. The summed E-state index contributed by atoms with van der Waals surface area (Å²) in [5.74, 6) is 0.824. The van der Waals surface area contributed by atoms with E-state index in [2.05, 4.69) is 22.5 Å². The molecule has 2 unspecified atom stereocenters. The number of thioether (sulfide) groups is 1. The van der Waals surface area contributed by atoms with Crippen molar-refractivity contribution in [3.8, 4) is 0 Å². The zero-order chi connectivity index (χ0) is 19.7. The first-order chi connectivity index (χ1) is 13.0. The van der Waals surface area contributed by atoms with Gasteiger partial charge >= 0.3 is 0 Å². The van der Waals surface area contributed by atoms with Gasteiger partial charge in [-0.15, -0.1) is 0 Å². The fourth-order valence-corrected chi connectivity index (χ4v) is 5.64. The Hall–Kier alpha value is -1.28. The summed E-state index contributed by atoms with van der Waals surface area (Å²) in [6.07, 6.45) is 4.64. The summed E-state index contributed by atoms with van der Waals surface area (Å²) in [4.78, 5) is 4.15. The van der Waals surface area contributed by atoms with E-state index in [0.29, 0.717) is 23.8 Å². The largest absolute Gasteiger partial charge is 0.357 e. The minimum absolute atomic E-state index is 0.0891. The van der Waals surface area contributed by atoms with Crippen LogP contribution in [0, 0.1) is 5.82 Å². The first-order valence-corrected chi connectivity index (χ1v) is 12.3. The van der Waals surface area contributed by atoms with Gasteiger partial charge in [0.1, 0.15) is 10.7 Å². The highest BCUT2D eigenvalue weighted by atomic mass is 32.2. The van der Waals surface area contributed by atoms with Crippen molar-refractivity contribution in [3.63, 3.8) is 0 Å². The SMILES string of the molecule is CCNC(=NCCS(=O)(=O)c1ccccc1F)NC1CCCC(SCC)C1. The molecule has 0 aromatic heterocycles. The lowest BCUT2D eigenvalue weighted by Gasteiger charge is -2.30. The number of aliphatic imine (C=N–C) groups is 1. The maximum Gasteiger partial charge on any atom is 0.191 e. The van der Waals surface area contributed by atoms with Gasteiger partial charge in [-0.2, -0.15) is 11.8 Å². The van der Waals surface area contributed by atoms with Gasteiger partial charge in [0.25, 0.3) is 0 Å². The van der Waals surface area contributed by atoms with Gasteiger partial charge in [0.15, 0.2) is 15.8 Å². The molecule has 1 aliphatic rings. The van der Waals surface area contributed by atoms with Crippen molar-refractivity contribution in [2.75, 3.05) is 24.6 Å². The number of benzene rings is 1. The standard InChI is InChI=1S/C19H30FN3O2S2/c1-3-21-19(23-15-8-7-9-16(14-15)26-4-2)22-12-13-27(24,25)18-11-6-5-10-17(18)20/h5-6,10-11,15-16H,3-4,7-9,12-14H2,1-2H3,(H2,21,22,23). The molecule has 0 spiro atoms. The van der Waals surface area contributed by atoms with E-state index in [-0.39, 0.29) is 17.2 Å². The molecule has 2 N–H and O–H groups in total. The van der Waals surface area contributed by atoms with Crippen molar-refractivity contribution in [3.05, 3.63) is 30.1 Å². The van der Waals surface area contributed by atoms with Crippen molar-refractivity contribution in [2.24, 2.45) is 4.99 Å². The molecule has 0 aliphatic heterocycles. The Balaban J connectivity index is 1.96. The molecule has 1 aliphatic carbocycles. The lowest BCUT2D eigenvalue weighted by atomic mass is 9.95. The topological polar surface area (TPSA) is 70.6 Å². The third kappa shape index (κ3) is 6.99. The predicted molar refractivity (Wildman–Crippen MR) is 112 cm³/mol. The molecular formula is C19H30FN3O2S2. The highest BCUT2D eigenvalue weighted by Gasteiger charge is 2.23. The Morgan fingerprint density at radius 3 is 2.78 bits per heavy atom. The van der Waals surface area contributed by atoms with E-state index in [9.17, 15) is 12.8 Å². The van der Waals surface area contributed by atoms with Crippen molar-refractivity contribution in [2.45, 2.75) is 55.7 Å². The quantitative estimate of drug-likeness (QED) is 0.504. The van der Waals surface area contributed by atoms with Crippen LogP contribution in [0.25, 0.3) is 0 Å². The first-order valence-electron chi connectivity index (χ1n) is 9.60. The zero-order valence-electron chi connectivity index (χ0n) is 16.1. The molecule has 1 fully saturated rings. The van der Waals surface area contributed by atoms with E-state index >= 15 is 0 Å². The van der Waals surface area contributed by atoms with Crippen LogP contribution >= 0.6 is 11.8 Å². The maximum atomic E-state index is 13.8. The number of nitrogens with one attached hydrogen (secondary N) is 2. The van der Waals surface area contributed by atoms with Crippen molar-refractivity contribution in [1.29, 1.82) is 0 Å². The van der Waals surface area contributed by atoms with E-state index in [1.54, 1.807) is 0 Å². The van der Waals surface area contributed by atoms with Crippen molar-refractivity contribution in [1.82, 2.24) is 10.6 Å². The molecule has 2 rings (SSSR count). The molecule has 8 heteroatoms. The second-order valence-corrected chi connectivity index (χ2v) is 10.3. The Morgan fingerprint density at radius 1 is 1.30 bits per heavy atom. The van der Waals surface area contributed by atoms with Gasteiger partial charge in [-0.1, -0.05) is 25.5 Å².